The Morgan fingerprint density at radius 3 is 2.73 bits per heavy atom. The average molecular weight is 208 g/mol. The number of rotatable bonds is 3. The van der Waals surface area contributed by atoms with Crippen molar-refractivity contribution in [2.45, 2.75) is 46.1 Å². The largest absolute Gasteiger partial charge is 0.392 e. The fourth-order valence-corrected chi connectivity index (χ4v) is 3.03. The summed E-state index contributed by atoms with van der Waals surface area (Å²) in [7, 11) is 0. The number of aliphatic hydroxyl groups is 1. The third kappa shape index (κ3) is 2.34. The molecule has 0 bridgehead atoms. The fraction of sp³-hybridized carbons (Fsp3) is 0.714. The van der Waals surface area contributed by atoms with Crippen LogP contribution < -0.4 is 0 Å². The van der Waals surface area contributed by atoms with Gasteiger partial charge in [-0.1, -0.05) is 39.0 Å². The minimum Gasteiger partial charge on any atom is -0.392 e. The molecule has 0 aromatic heterocycles. The topological polar surface area (TPSA) is 20.2 Å². The number of hydrogen-bond donors (Lipinski definition) is 1. The van der Waals surface area contributed by atoms with Crippen molar-refractivity contribution in [2.24, 2.45) is 17.3 Å². The van der Waals surface area contributed by atoms with Crippen molar-refractivity contribution in [3.05, 3.63) is 24.8 Å². The molecule has 0 aromatic carbocycles. The summed E-state index contributed by atoms with van der Waals surface area (Å²) in [5.74, 6) is 0.886. The molecule has 1 fully saturated rings. The van der Waals surface area contributed by atoms with E-state index in [4.69, 9.17) is 0 Å². The predicted molar refractivity (Wildman–Crippen MR) is 65.6 cm³/mol. The Morgan fingerprint density at radius 1 is 1.60 bits per heavy atom. The van der Waals surface area contributed by atoms with E-state index in [2.05, 4.69) is 33.9 Å². The average Bonchev–Trinajstić information content (AvgIpc) is 2.12. The first-order valence-corrected chi connectivity index (χ1v) is 5.88. The van der Waals surface area contributed by atoms with Crippen LogP contribution in [-0.4, -0.2) is 11.2 Å². The van der Waals surface area contributed by atoms with Gasteiger partial charge >= 0.3 is 0 Å². The van der Waals surface area contributed by atoms with Crippen molar-refractivity contribution >= 4 is 0 Å². The SMILES string of the molecule is C=CCC(O)C1C(C)CCC(=C)C1(C)C. The van der Waals surface area contributed by atoms with Crippen LogP contribution in [-0.2, 0) is 0 Å². The van der Waals surface area contributed by atoms with Crippen LogP contribution >= 0.6 is 0 Å². The third-order valence-corrected chi connectivity index (χ3v) is 4.08. The van der Waals surface area contributed by atoms with E-state index in [1.165, 1.54) is 5.57 Å². The molecule has 1 heteroatoms. The maximum absolute atomic E-state index is 10.2. The van der Waals surface area contributed by atoms with E-state index in [9.17, 15) is 5.11 Å². The van der Waals surface area contributed by atoms with Crippen LogP contribution in [0.25, 0.3) is 0 Å². The van der Waals surface area contributed by atoms with Gasteiger partial charge in [0, 0.05) is 0 Å². The Balaban J connectivity index is 2.89. The summed E-state index contributed by atoms with van der Waals surface area (Å²) in [6.45, 7) is 14.5. The smallest absolute Gasteiger partial charge is 0.0613 e. The first kappa shape index (κ1) is 12.5. The van der Waals surface area contributed by atoms with Gasteiger partial charge in [-0.2, -0.15) is 0 Å². The lowest BCUT2D eigenvalue weighted by Crippen LogP contribution is -2.42. The quantitative estimate of drug-likeness (QED) is 0.703. The van der Waals surface area contributed by atoms with Gasteiger partial charge in [0.1, 0.15) is 0 Å². The van der Waals surface area contributed by atoms with E-state index >= 15 is 0 Å². The zero-order valence-corrected chi connectivity index (χ0v) is 10.3. The molecule has 0 amide bonds. The lowest BCUT2D eigenvalue weighted by Gasteiger charge is -2.46. The van der Waals surface area contributed by atoms with Gasteiger partial charge < -0.3 is 5.11 Å². The minimum absolute atomic E-state index is 0.0556. The molecule has 3 atom stereocenters. The summed E-state index contributed by atoms with van der Waals surface area (Å²) < 4.78 is 0. The van der Waals surface area contributed by atoms with Gasteiger partial charge in [-0.25, -0.2) is 0 Å². The van der Waals surface area contributed by atoms with Crippen molar-refractivity contribution in [3.8, 4) is 0 Å². The second kappa shape index (κ2) is 4.52. The zero-order valence-electron chi connectivity index (χ0n) is 10.3. The Hall–Kier alpha value is -0.560. The lowest BCUT2D eigenvalue weighted by atomic mass is 9.59. The van der Waals surface area contributed by atoms with Crippen LogP contribution in [0, 0.1) is 17.3 Å². The Morgan fingerprint density at radius 2 is 2.20 bits per heavy atom. The molecular weight excluding hydrogens is 184 g/mol. The predicted octanol–water partition coefficient (Wildman–Crippen LogP) is 3.55. The van der Waals surface area contributed by atoms with Crippen molar-refractivity contribution in [2.75, 3.05) is 0 Å². The Labute approximate surface area is 93.9 Å². The normalized spacial score (nSPS) is 32.4. The highest BCUT2D eigenvalue weighted by Gasteiger charge is 2.42. The van der Waals surface area contributed by atoms with Gasteiger partial charge in [0.15, 0.2) is 0 Å². The highest BCUT2D eigenvalue weighted by Crippen LogP contribution is 2.48. The summed E-state index contributed by atoms with van der Waals surface area (Å²) in [5, 5.41) is 10.2. The molecule has 0 heterocycles. The highest BCUT2D eigenvalue weighted by atomic mass is 16.3. The van der Waals surface area contributed by atoms with Crippen molar-refractivity contribution in [1.82, 2.24) is 0 Å². The number of aliphatic hydroxyl groups excluding tert-OH is 1. The lowest BCUT2D eigenvalue weighted by molar-refractivity contribution is 0.00162. The molecule has 1 aliphatic carbocycles. The Kier molecular flexibility index (Phi) is 3.77. The van der Waals surface area contributed by atoms with Crippen molar-refractivity contribution in [1.29, 1.82) is 0 Å². The molecule has 1 aliphatic rings. The monoisotopic (exact) mass is 208 g/mol. The van der Waals surface area contributed by atoms with Crippen LogP contribution in [0.15, 0.2) is 24.8 Å². The summed E-state index contributed by atoms with van der Waals surface area (Å²) >= 11 is 0. The Bertz CT molecular complexity index is 252. The summed E-state index contributed by atoms with van der Waals surface area (Å²) in [6.07, 6.45) is 4.48. The number of allylic oxidation sites excluding steroid dienone is 1. The standard InChI is InChI=1S/C14H24O/c1-6-7-12(15)13-10(2)8-9-11(3)14(13,4)5/h6,10,12-13,15H,1,3,7-9H2,2,4-5H3. The number of hydrogen-bond acceptors (Lipinski definition) is 1. The van der Waals surface area contributed by atoms with E-state index in [-0.39, 0.29) is 11.5 Å². The van der Waals surface area contributed by atoms with Crippen molar-refractivity contribution < 1.29 is 5.11 Å². The second-order valence-electron chi connectivity index (χ2n) is 5.46. The molecule has 1 nitrogen and oxygen atoms in total. The fourth-order valence-electron chi connectivity index (χ4n) is 3.03. The summed E-state index contributed by atoms with van der Waals surface area (Å²) in [5.41, 5.74) is 1.34. The first-order chi connectivity index (χ1) is 6.91. The molecule has 1 saturated carbocycles. The molecule has 0 spiro atoms. The molecule has 0 saturated heterocycles. The minimum atomic E-state index is -0.274. The molecule has 15 heavy (non-hydrogen) atoms. The second-order valence-corrected chi connectivity index (χ2v) is 5.46. The van der Waals surface area contributed by atoms with Gasteiger partial charge in [-0.3, -0.25) is 0 Å². The van der Waals surface area contributed by atoms with Crippen LogP contribution in [0.4, 0.5) is 0 Å². The van der Waals surface area contributed by atoms with Gasteiger partial charge in [0.25, 0.3) is 0 Å². The zero-order chi connectivity index (χ0) is 11.6. The van der Waals surface area contributed by atoms with Gasteiger partial charge in [0.2, 0.25) is 0 Å². The van der Waals surface area contributed by atoms with Crippen LogP contribution in [0.1, 0.15) is 40.0 Å². The maximum Gasteiger partial charge on any atom is 0.0613 e. The van der Waals surface area contributed by atoms with E-state index in [0.717, 1.165) is 12.8 Å². The van der Waals surface area contributed by atoms with E-state index in [1.54, 1.807) is 0 Å². The molecule has 3 unspecified atom stereocenters. The van der Waals surface area contributed by atoms with Crippen LogP contribution in [0.3, 0.4) is 0 Å². The van der Waals surface area contributed by atoms with E-state index < -0.39 is 0 Å². The third-order valence-electron chi connectivity index (χ3n) is 4.08. The molecule has 0 aliphatic heterocycles. The van der Waals surface area contributed by atoms with Gasteiger partial charge in [-0.15, -0.1) is 6.58 Å². The van der Waals surface area contributed by atoms with Crippen LogP contribution in [0.2, 0.25) is 0 Å². The molecule has 0 radical (unpaired) electrons. The van der Waals surface area contributed by atoms with E-state index in [1.807, 2.05) is 6.08 Å². The van der Waals surface area contributed by atoms with Crippen molar-refractivity contribution in [3.63, 3.8) is 0 Å². The maximum atomic E-state index is 10.2. The molecule has 1 rings (SSSR count). The molecule has 1 N–H and O–H groups in total. The van der Waals surface area contributed by atoms with Gasteiger partial charge in [0.05, 0.1) is 6.10 Å². The first-order valence-electron chi connectivity index (χ1n) is 5.88. The van der Waals surface area contributed by atoms with Crippen LogP contribution in [0.5, 0.6) is 0 Å². The van der Waals surface area contributed by atoms with E-state index in [0.29, 0.717) is 18.3 Å². The summed E-state index contributed by atoms with van der Waals surface area (Å²) in [6, 6.07) is 0. The molecule has 0 aromatic rings. The molecular formula is C14H24O. The summed E-state index contributed by atoms with van der Waals surface area (Å²) in [4.78, 5) is 0. The van der Waals surface area contributed by atoms with Gasteiger partial charge in [-0.05, 0) is 36.5 Å². The molecule has 86 valence electrons. The highest BCUT2D eigenvalue weighted by molar-refractivity contribution is 5.15.